The second kappa shape index (κ2) is 6.44. The molecule has 3 heterocycles. The van der Waals surface area contributed by atoms with E-state index in [1.807, 2.05) is 18.9 Å². The Labute approximate surface area is 134 Å². The summed E-state index contributed by atoms with van der Waals surface area (Å²) in [5.41, 5.74) is 0.624. The number of aromatic amines is 1. The molecule has 0 unspecified atom stereocenters. The van der Waals surface area contributed by atoms with Crippen LogP contribution in [-0.4, -0.2) is 62.4 Å². The van der Waals surface area contributed by atoms with E-state index in [1.165, 1.54) is 6.07 Å². The van der Waals surface area contributed by atoms with Crippen molar-refractivity contribution in [3.8, 4) is 11.5 Å². The molecule has 8 nitrogen and oxygen atoms in total. The second-order valence-electron chi connectivity index (χ2n) is 5.53. The van der Waals surface area contributed by atoms with Gasteiger partial charge in [-0.25, -0.2) is 13.1 Å². The van der Waals surface area contributed by atoms with E-state index in [9.17, 15) is 8.42 Å². The first-order chi connectivity index (χ1) is 11.0. The van der Waals surface area contributed by atoms with E-state index in [4.69, 9.17) is 9.15 Å². The monoisotopic (exact) mass is 340 g/mol. The number of furan rings is 1. The zero-order chi connectivity index (χ0) is 16.4. The van der Waals surface area contributed by atoms with Gasteiger partial charge in [0, 0.05) is 25.9 Å². The quantitative estimate of drug-likeness (QED) is 0.801. The van der Waals surface area contributed by atoms with Gasteiger partial charge in [-0.05, 0) is 32.2 Å². The van der Waals surface area contributed by atoms with Gasteiger partial charge in [-0.3, -0.25) is 5.10 Å². The molecule has 2 atom stereocenters. The first-order valence-corrected chi connectivity index (χ1v) is 8.90. The molecule has 2 aromatic rings. The predicted octanol–water partition coefficient (Wildman–Crippen LogP) is 0.667. The van der Waals surface area contributed by atoms with Crippen LogP contribution >= 0.6 is 0 Å². The molecule has 2 aromatic heterocycles. The van der Waals surface area contributed by atoms with Crippen LogP contribution < -0.4 is 4.72 Å². The van der Waals surface area contributed by atoms with Gasteiger partial charge in [-0.1, -0.05) is 0 Å². The minimum atomic E-state index is -3.75. The number of nitrogens with zero attached hydrogens (tertiary/aromatic N) is 2. The normalized spacial score (nSPS) is 22.7. The van der Waals surface area contributed by atoms with Crippen molar-refractivity contribution < 1.29 is 17.6 Å². The molecule has 23 heavy (non-hydrogen) atoms. The number of ether oxygens (including phenoxy) is 1. The zero-order valence-corrected chi connectivity index (χ0v) is 13.8. The Kier molecular flexibility index (Phi) is 4.53. The zero-order valence-electron chi connectivity index (χ0n) is 13.0. The third kappa shape index (κ3) is 3.47. The minimum absolute atomic E-state index is 0.119. The summed E-state index contributed by atoms with van der Waals surface area (Å²) in [6.45, 7) is 3.73. The molecule has 126 valence electrons. The maximum Gasteiger partial charge on any atom is 0.274 e. The van der Waals surface area contributed by atoms with Gasteiger partial charge in [0.1, 0.15) is 5.69 Å². The minimum Gasteiger partial charge on any atom is -0.442 e. The van der Waals surface area contributed by atoms with E-state index < -0.39 is 10.0 Å². The van der Waals surface area contributed by atoms with Crippen LogP contribution in [0.3, 0.4) is 0 Å². The summed E-state index contributed by atoms with van der Waals surface area (Å²) in [4.78, 5) is 2.03. The molecule has 0 bridgehead atoms. The van der Waals surface area contributed by atoms with Gasteiger partial charge in [0.15, 0.2) is 5.76 Å². The molecule has 1 aliphatic heterocycles. The van der Waals surface area contributed by atoms with E-state index in [0.717, 1.165) is 0 Å². The van der Waals surface area contributed by atoms with Crippen LogP contribution in [0, 0.1) is 0 Å². The summed E-state index contributed by atoms with van der Waals surface area (Å²) >= 11 is 0. The molecule has 1 aliphatic rings. The van der Waals surface area contributed by atoms with Crippen LogP contribution in [0.1, 0.15) is 6.92 Å². The third-order valence-corrected chi connectivity index (χ3v) is 5.11. The summed E-state index contributed by atoms with van der Waals surface area (Å²) in [5.74, 6) is 0.424. The fourth-order valence-electron chi connectivity index (χ4n) is 2.72. The number of rotatable bonds is 6. The van der Waals surface area contributed by atoms with Crippen molar-refractivity contribution in [1.82, 2.24) is 19.8 Å². The number of likely N-dealkylation sites (tertiary alicyclic amines) is 1. The average molecular weight is 340 g/mol. The highest BCUT2D eigenvalue weighted by molar-refractivity contribution is 7.89. The number of nitrogens with one attached hydrogen (secondary N) is 2. The van der Waals surface area contributed by atoms with E-state index in [0.29, 0.717) is 31.2 Å². The fourth-order valence-corrected chi connectivity index (χ4v) is 3.91. The smallest absolute Gasteiger partial charge is 0.274 e. The van der Waals surface area contributed by atoms with E-state index in [1.54, 1.807) is 18.3 Å². The number of sulfonamides is 1. The van der Waals surface area contributed by atoms with Crippen molar-refractivity contribution in [2.75, 3.05) is 26.7 Å². The number of hydrogen-bond acceptors (Lipinski definition) is 6. The second-order valence-corrected chi connectivity index (χ2v) is 7.18. The van der Waals surface area contributed by atoms with Crippen LogP contribution in [0.5, 0.6) is 0 Å². The number of H-pyrrole nitrogens is 1. The number of aromatic nitrogens is 2. The molecule has 0 saturated carbocycles. The Bertz CT molecular complexity index is 741. The Morgan fingerprint density at radius 1 is 1.43 bits per heavy atom. The summed E-state index contributed by atoms with van der Waals surface area (Å²) in [6, 6.07) is 4.45. The van der Waals surface area contributed by atoms with Crippen molar-refractivity contribution in [3.63, 3.8) is 0 Å². The van der Waals surface area contributed by atoms with Gasteiger partial charge in [0.2, 0.25) is 5.09 Å². The molecule has 1 saturated heterocycles. The summed E-state index contributed by atoms with van der Waals surface area (Å²) < 4.78 is 38.8. The Morgan fingerprint density at radius 2 is 2.26 bits per heavy atom. The van der Waals surface area contributed by atoms with Crippen molar-refractivity contribution in [3.05, 3.63) is 24.4 Å². The van der Waals surface area contributed by atoms with Crippen LogP contribution in [-0.2, 0) is 14.8 Å². The summed E-state index contributed by atoms with van der Waals surface area (Å²) in [7, 11) is -1.81. The van der Waals surface area contributed by atoms with Crippen LogP contribution in [0.15, 0.2) is 33.9 Å². The van der Waals surface area contributed by atoms with Crippen LogP contribution in [0.25, 0.3) is 11.5 Å². The molecule has 0 spiro atoms. The summed E-state index contributed by atoms with van der Waals surface area (Å²) in [5, 5.41) is 6.44. The molecular weight excluding hydrogens is 320 g/mol. The largest absolute Gasteiger partial charge is 0.442 e. The maximum absolute atomic E-state index is 12.5. The Hall–Kier alpha value is -1.68. The lowest BCUT2D eigenvalue weighted by Crippen LogP contribution is -2.43. The van der Waals surface area contributed by atoms with Gasteiger partial charge >= 0.3 is 0 Å². The lowest BCUT2D eigenvalue weighted by atomic mass is 10.2. The third-order valence-electron chi connectivity index (χ3n) is 3.75. The average Bonchev–Trinajstić information content (AvgIpc) is 3.20. The number of likely N-dealkylation sites (N-methyl/N-ethyl adjacent to an activating group) is 1. The van der Waals surface area contributed by atoms with Gasteiger partial charge in [-0.15, -0.1) is 0 Å². The highest BCUT2D eigenvalue weighted by atomic mass is 32.2. The van der Waals surface area contributed by atoms with Crippen molar-refractivity contribution in [2.24, 2.45) is 0 Å². The standard InChI is InChI=1S/C14H20N4O4S/c1-3-21-13-9-18(2)8-11(13)17-23(19,20)14-5-4-12(22-14)10-6-7-15-16-10/h4-7,11,13,17H,3,8-9H2,1-2H3,(H,15,16)/t11-,13-/m0/s1. The Balaban J connectivity index is 1.76. The van der Waals surface area contributed by atoms with E-state index in [-0.39, 0.29) is 17.2 Å². The molecular formula is C14H20N4O4S. The molecule has 0 radical (unpaired) electrons. The van der Waals surface area contributed by atoms with Crippen LogP contribution in [0.4, 0.5) is 0 Å². The van der Waals surface area contributed by atoms with Crippen molar-refractivity contribution in [2.45, 2.75) is 24.2 Å². The van der Waals surface area contributed by atoms with Gasteiger partial charge < -0.3 is 14.1 Å². The topological polar surface area (TPSA) is 100 Å². The molecule has 0 amide bonds. The lowest BCUT2D eigenvalue weighted by Gasteiger charge is -2.18. The highest BCUT2D eigenvalue weighted by Gasteiger charge is 2.35. The first kappa shape index (κ1) is 16.2. The number of hydrogen-bond donors (Lipinski definition) is 2. The fraction of sp³-hybridized carbons (Fsp3) is 0.500. The van der Waals surface area contributed by atoms with Crippen LogP contribution in [0.2, 0.25) is 0 Å². The van der Waals surface area contributed by atoms with Crippen molar-refractivity contribution in [1.29, 1.82) is 0 Å². The SMILES string of the molecule is CCO[C@H]1CN(C)C[C@@H]1NS(=O)(=O)c1ccc(-c2ccn[nH]2)o1. The highest BCUT2D eigenvalue weighted by Crippen LogP contribution is 2.23. The van der Waals surface area contributed by atoms with Gasteiger partial charge in [-0.2, -0.15) is 5.10 Å². The molecule has 0 aliphatic carbocycles. The molecule has 2 N–H and O–H groups in total. The first-order valence-electron chi connectivity index (χ1n) is 7.41. The van der Waals surface area contributed by atoms with E-state index in [2.05, 4.69) is 14.9 Å². The van der Waals surface area contributed by atoms with E-state index >= 15 is 0 Å². The predicted molar refractivity (Wildman–Crippen MR) is 83.3 cm³/mol. The lowest BCUT2D eigenvalue weighted by molar-refractivity contribution is 0.0588. The molecule has 3 rings (SSSR count). The van der Waals surface area contributed by atoms with Crippen molar-refractivity contribution >= 4 is 10.0 Å². The molecule has 1 fully saturated rings. The van der Waals surface area contributed by atoms with Gasteiger partial charge in [0.25, 0.3) is 10.0 Å². The molecule has 9 heteroatoms. The molecule has 0 aromatic carbocycles. The Morgan fingerprint density at radius 3 is 2.96 bits per heavy atom. The summed E-state index contributed by atoms with van der Waals surface area (Å²) in [6.07, 6.45) is 1.41. The maximum atomic E-state index is 12.5. The van der Waals surface area contributed by atoms with Gasteiger partial charge in [0.05, 0.1) is 12.1 Å².